The van der Waals surface area contributed by atoms with E-state index >= 15 is 0 Å². The quantitative estimate of drug-likeness (QED) is 0.669. The zero-order valence-corrected chi connectivity index (χ0v) is 6.70. The molecule has 2 nitrogen and oxygen atoms in total. The smallest absolute Gasteiger partial charge is 0.184 e. The van der Waals surface area contributed by atoms with Gasteiger partial charge in [0.25, 0.3) is 0 Å². The van der Waals surface area contributed by atoms with Crippen LogP contribution in [-0.4, -0.2) is 6.54 Å². The number of halogens is 2. The van der Waals surface area contributed by atoms with Crippen molar-refractivity contribution in [2.75, 3.05) is 17.6 Å². The molecule has 0 fully saturated rings. The van der Waals surface area contributed by atoms with E-state index in [0.29, 0.717) is 6.54 Å². The molecule has 0 aliphatic rings. The SMILES string of the molecule is CCNc1ccc(N)c(F)c1F. The Morgan fingerprint density at radius 3 is 2.58 bits per heavy atom. The van der Waals surface area contributed by atoms with Gasteiger partial charge in [-0.3, -0.25) is 0 Å². The zero-order chi connectivity index (χ0) is 9.14. The van der Waals surface area contributed by atoms with Gasteiger partial charge in [-0.15, -0.1) is 0 Å². The minimum Gasteiger partial charge on any atom is -0.396 e. The highest BCUT2D eigenvalue weighted by Crippen LogP contribution is 2.21. The van der Waals surface area contributed by atoms with Crippen molar-refractivity contribution in [3.05, 3.63) is 23.8 Å². The van der Waals surface area contributed by atoms with Crippen molar-refractivity contribution < 1.29 is 8.78 Å². The first-order chi connectivity index (χ1) is 5.66. The molecule has 1 rings (SSSR count). The van der Waals surface area contributed by atoms with E-state index in [1.54, 1.807) is 6.92 Å². The van der Waals surface area contributed by atoms with E-state index in [1.807, 2.05) is 0 Å². The van der Waals surface area contributed by atoms with Gasteiger partial charge in [0.1, 0.15) is 0 Å². The Morgan fingerprint density at radius 1 is 1.33 bits per heavy atom. The van der Waals surface area contributed by atoms with E-state index in [4.69, 9.17) is 5.73 Å². The highest BCUT2D eigenvalue weighted by molar-refractivity contribution is 5.53. The number of benzene rings is 1. The molecule has 0 aliphatic carbocycles. The van der Waals surface area contributed by atoms with Crippen LogP contribution >= 0.6 is 0 Å². The first kappa shape index (κ1) is 8.77. The predicted octanol–water partition coefficient (Wildman–Crippen LogP) is 1.98. The Bertz CT molecular complexity index is 287. The molecule has 0 bridgehead atoms. The predicted molar refractivity (Wildman–Crippen MR) is 44.9 cm³/mol. The molecule has 0 aromatic heterocycles. The normalized spacial score (nSPS) is 9.92. The van der Waals surface area contributed by atoms with Crippen LogP contribution in [0.1, 0.15) is 6.92 Å². The Kier molecular flexibility index (Phi) is 2.47. The van der Waals surface area contributed by atoms with E-state index in [9.17, 15) is 8.78 Å². The summed E-state index contributed by atoms with van der Waals surface area (Å²) in [5.41, 5.74) is 5.11. The molecule has 3 N–H and O–H groups in total. The van der Waals surface area contributed by atoms with E-state index in [-0.39, 0.29) is 11.4 Å². The molecule has 0 aliphatic heterocycles. The second-order valence-electron chi connectivity index (χ2n) is 2.36. The number of nitrogens with two attached hydrogens (primary N) is 1. The van der Waals surface area contributed by atoms with Gasteiger partial charge >= 0.3 is 0 Å². The number of hydrogen-bond donors (Lipinski definition) is 2. The highest BCUT2D eigenvalue weighted by Gasteiger charge is 2.09. The van der Waals surface area contributed by atoms with E-state index in [1.165, 1.54) is 12.1 Å². The number of hydrogen-bond acceptors (Lipinski definition) is 2. The summed E-state index contributed by atoms with van der Waals surface area (Å²) in [6, 6.07) is 2.74. The van der Waals surface area contributed by atoms with Gasteiger partial charge in [-0.05, 0) is 19.1 Å². The van der Waals surface area contributed by atoms with E-state index in [0.717, 1.165) is 0 Å². The van der Waals surface area contributed by atoms with Crippen LogP contribution in [0.25, 0.3) is 0 Å². The van der Waals surface area contributed by atoms with Crippen LogP contribution in [0.5, 0.6) is 0 Å². The second-order valence-corrected chi connectivity index (χ2v) is 2.36. The third-order valence-electron chi connectivity index (χ3n) is 1.48. The minimum atomic E-state index is -0.992. The van der Waals surface area contributed by atoms with E-state index in [2.05, 4.69) is 5.32 Å². The topological polar surface area (TPSA) is 38.0 Å². The van der Waals surface area contributed by atoms with Crippen LogP contribution in [0.2, 0.25) is 0 Å². The molecule has 0 spiro atoms. The Balaban J connectivity index is 3.08. The number of anilines is 2. The van der Waals surface area contributed by atoms with Crippen molar-refractivity contribution >= 4 is 11.4 Å². The number of nitrogens with one attached hydrogen (secondary N) is 1. The summed E-state index contributed by atoms with van der Waals surface area (Å²) in [4.78, 5) is 0. The number of rotatable bonds is 2. The summed E-state index contributed by atoms with van der Waals surface area (Å²) < 4.78 is 25.7. The molecular formula is C8H10F2N2. The lowest BCUT2D eigenvalue weighted by atomic mass is 10.2. The molecule has 1 aromatic carbocycles. The third-order valence-corrected chi connectivity index (χ3v) is 1.48. The molecule has 0 amide bonds. The fourth-order valence-corrected chi connectivity index (χ4v) is 0.891. The first-order valence-electron chi connectivity index (χ1n) is 3.64. The van der Waals surface area contributed by atoms with Crippen molar-refractivity contribution in [3.63, 3.8) is 0 Å². The van der Waals surface area contributed by atoms with Crippen molar-refractivity contribution in [3.8, 4) is 0 Å². The van der Waals surface area contributed by atoms with Gasteiger partial charge in [-0.25, -0.2) is 8.78 Å². The first-order valence-corrected chi connectivity index (χ1v) is 3.64. The lowest BCUT2D eigenvalue weighted by Crippen LogP contribution is -2.03. The summed E-state index contributed by atoms with van der Waals surface area (Å²) in [5, 5.41) is 2.67. The summed E-state index contributed by atoms with van der Waals surface area (Å²) in [5.74, 6) is -1.91. The van der Waals surface area contributed by atoms with Crippen LogP contribution in [0, 0.1) is 11.6 Å². The minimum absolute atomic E-state index is 0.143. The molecule has 0 atom stereocenters. The molecule has 66 valence electrons. The average Bonchev–Trinajstić information content (AvgIpc) is 2.07. The van der Waals surface area contributed by atoms with Crippen LogP contribution in [0.15, 0.2) is 12.1 Å². The molecule has 12 heavy (non-hydrogen) atoms. The van der Waals surface area contributed by atoms with Gasteiger partial charge in [0.05, 0.1) is 11.4 Å². The standard InChI is InChI=1S/C8H10F2N2/c1-2-12-6-4-3-5(11)7(9)8(6)10/h3-4,12H,2,11H2,1H3. The zero-order valence-electron chi connectivity index (χ0n) is 6.70. The fourth-order valence-electron chi connectivity index (χ4n) is 0.891. The van der Waals surface area contributed by atoms with Crippen molar-refractivity contribution in [1.82, 2.24) is 0 Å². The fraction of sp³-hybridized carbons (Fsp3) is 0.250. The number of nitrogen functional groups attached to an aromatic ring is 1. The van der Waals surface area contributed by atoms with Gasteiger partial charge in [-0.2, -0.15) is 0 Å². The van der Waals surface area contributed by atoms with Gasteiger partial charge in [-0.1, -0.05) is 0 Å². The Hall–Kier alpha value is -1.32. The second kappa shape index (κ2) is 3.38. The highest BCUT2D eigenvalue weighted by atomic mass is 19.2. The molecular weight excluding hydrogens is 162 g/mol. The summed E-state index contributed by atoms with van der Waals surface area (Å²) >= 11 is 0. The van der Waals surface area contributed by atoms with Gasteiger partial charge in [0.2, 0.25) is 0 Å². The van der Waals surface area contributed by atoms with Gasteiger partial charge in [0, 0.05) is 6.54 Å². The van der Waals surface area contributed by atoms with E-state index < -0.39 is 11.6 Å². The average molecular weight is 172 g/mol. The lowest BCUT2D eigenvalue weighted by molar-refractivity contribution is 0.514. The Labute approximate surface area is 69.4 Å². The largest absolute Gasteiger partial charge is 0.396 e. The van der Waals surface area contributed by atoms with Crippen molar-refractivity contribution in [2.45, 2.75) is 6.92 Å². The maximum Gasteiger partial charge on any atom is 0.184 e. The molecule has 0 unspecified atom stereocenters. The molecule has 4 heteroatoms. The third kappa shape index (κ3) is 1.47. The van der Waals surface area contributed by atoms with Crippen LogP contribution < -0.4 is 11.1 Å². The van der Waals surface area contributed by atoms with Crippen molar-refractivity contribution in [1.29, 1.82) is 0 Å². The monoisotopic (exact) mass is 172 g/mol. The van der Waals surface area contributed by atoms with Gasteiger partial charge < -0.3 is 11.1 Å². The summed E-state index contributed by atoms with van der Waals surface area (Å²) in [6.45, 7) is 2.34. The summed E-state index contributed by atoms with van der Waals surface area (Å²) in [6.07, 6.45) is 0. The van der Waals surface area contributed by atoms with Crippen LogP contribution in [0.4, 0.5) is 20.2 Å². The maximum atomic E-state index is 12.9. The summed E-state index contributed by atoms with van der Waals surface area (Å²) in [7, 11) is 0. The Morgan fingerprint density at radius 2 is 2.00 bits per heavy atom. The van der Waals surface area contributed by atoms with Crippen LogP contribution in [0.3, 0.4) is 0 Å². The van der Waals surface area contributed by atoms with Gasteiger partial charge in [0.15, 0.2) is 11.6 Å². The molecule has 0 heterocycles. The maximum absolute atomic E-state index is 12.9. The molecule has 0 saturated carbocycles. The van der Waals surface area contributed by atoms with Crippen LogP contribution in [-0.2, 0) is 0 Å². The lowest BCUT2D eigenvalue weighted by Gasteiger charge is -2.06. The molecule has 1 aromatic rings. The van der Waals surface area contributed by atoms with Crippen molar-refractivity contribution in [2.24, 2.45) is 0 Å². The molecule has 0 saturated heterocycles. The molecule has 0 radical (unpaired) electrons.